The molecule has 0 radical (unpaired) electrons. The Kier molecular flexibility index (Phi) is 1.63. The average Bonchev–Trinajstić information content (AvgIpc) is 2.20. The number of hydrogen-bond acceptors (Lipinski definition) is 6. The van der Waals surface area contributed by atoms with Gasteiger partial charge in [0.15, 0.2) is 5.70 Å². The third-order valence-corrected chi connectivity index (χ3v) is 1.02. The standard InChI is InChI=1S/C4H5N3O3/c1-7-3(2-5-9)4(8)10-6-7/h2,6H,1H3/b3-2+. The molecule has 6 nitrogen and oxygen atoms in total. The Morgan fingerprint density at radius 1 is 1.80 bits per heavy atom. The first-order valence-electron chi connectivity index (χ1n) is 2.49. The maximum Gasteiger partial charge on any atom is 0.378 e. The van der Waals surface area contributed by atoms with Gasteiger partial charge in [-0.1, -0.05) is 5.59 Å². The van der Waals surface area contributed by atoms with Crippen LogP contribution in [0, 0.1) is 4.91 Å². The number of hydrazine groups is 1. The summed E-state index contributed by atoms with van der Waals surface area (Å²) < 4.78 is 0. The summed E-state index contributed by atoms with van der Waals surface area (Å²) in [6.45, 7) is 0. The van der Waals surface area contributed by atoms with Crippen molar-refractivity contribution in [3.63, 3.8) is 0 Å². The molecule has 1 fully saturated rings. The fourth-order valence-corrected chi connectivity index (χ4v) is 0.538. The van der Waals surface area contributed by atoms with Gasteiger partial charge in [-0.15, -0.1) is 4.91 Å². The van der Waals surface area contributed by atoms with Crippen LogP contribution in [0.2, 0.25) is 0 Å². The Hall–Kier alpha value is -1.43. The summed E-state index contributed by atoms with van der Waals surface area (Å²) in [6, 6.07) is 0. The van der Waals surface area contributed by atoms with Crippen molar-refractivity contribution >= 4 is 5.97 Å². The van der Waals surface area contributed by atoms with Crippen LogP contribution in [0.15, 0.2) is 17.1 Å². The van der Waals surface area contributed by atoms with Gasteiger partial charge in [0.2, 0.25) is 0 Å². The highest BCUT2D eigenvalue weighted by Crippen LogP contribution is 2.06. The van der Waals surface area contributed by atoms with E-state index in [1.165, 1.54) is 12.1 Å². The Bertz CT molecular complexity index is 200. The second-order valence-electron chi connectivity index (χ2n) is 1.66. The second kappa shape index (κ2) is 2.44. The summed E-state index contributed by atoms with van der Waals surface area (Å²) in [4.78, 5) is 24.5. The summed E-state index contributed by atoms with van der Waals surface area (Å²) in [5, 5.41) is 3.68. The molecule has 0 aromatic rings. The lowest BCUT2D eigenvalue weighted by Crippen LogP contribution is -2.23. The number of nitrogens with zero attached hydrogens (tertiary/aromatic N) is 2. The maximum absolute atomic E-state index is 10.6. The van der Waals surface area contributed by atoms with Crippen LogP contribution in [0.5, 0.6) is 0 Å². The lowest BCUT2D eigenvalue weighted by molar-refractivity contribution is -0.142. The highest BCUT2D eigenvalue weighted by Gasteiger charge is 2.24. The van der Waals surface area contributed by atoms with Crippen molar-refractivity contribution in [1.82, 2.24) is 10.6 Å². The molecule has 0 aliphatic carbocycles. The molecule has 1 rings (SSSR count). The largest absolute Gasteiger partial charge is 0.378 e. The topological polar surface area (TPSA) is 71.0 Å². The molecule has 0 bridgehead atoms. The van der Waals surface area contributed by atoms with E-state index in [0.29, 0.717) is 0 Å². The molecule has 0 saturated carbocycles. The molecule has 10 heavy (non-hydrogen) atoms. The monoisotopic (exact) mass is 143 g/mol. The number of carbonyl (C=O) groups is 1. The molecule has 1 N–H and O–H groups in total. The van der Waals surface area contributed by atoms with Gasteiger partial charge in [0, 0.05) is 7.05 Å². The van der Waals surface area contributed by atoms with Crippen LogP contribution in [-0.2, 0) is 9.63 Å². The zero-order chi connectivity index (χ0) is 7.56. The first-order valence-corrected chi connectivity index (χ1v) is 2.49. The SMILES string of the molecule is CN1NOC(=O)/C1=C\N=O. The van der Waals surface area contributed by atoms with Crippen molar-refractivity contribution in [2.24, 2.45) is 5.18 Å². The third kappa shape index (κ3) is 0.960. The van der Waals surface area contributed by atoms with Gasteiger partial charge in [0.1, 0.15) is 6.20 Å². The average molecular weight is 143 g/mol. The molecule has 0 aromatic carbocycles. The predicted octanol–water partition coefficient (Wildman–Crippen LogP) is -0.498. The molecule has 6 heteroatoms. The van der Waals surface area contributed by atoms with Crippen molar-refractivity contribution in [3.05, 3.63) is 16.8 Å². The fraction of sp³-hybridized carbons (Fsp3) is 0.250. The van der Waals surface area contributed by atoms with E-state index in [1.807, 2.05) is 0 Å². The molecule has 0 amide bonds. The van der Waals surface area contributed by atoms with Crippen LogP contribution in [0.25, 0.3) is 0 Å². The highest BCUT2D eigenvalue weighted by molar-refractivity contribution is 5.88. The Morgan fingerprint density at radius 2 is 2.50 bits per heavy atom. The van der Waals surface area contributed by atoms with Gasteiger partial charge < -0.3 is 4.84 Å². The number of rotatable bonds is 1. The molecule has 0 atom stereocenters. The normalized spacial score (nSPS) is 21.5. The van der Waals surface area contributed by atoms with E-state index in [9.17, 15) is 9.70 Å². The first-order chi connectivity index (χ1) is 4.75. The van der Waals surface area contributed by atoms with Crippen LogP contribution in [0.4, 0.5) is 0 Å². The van der Waals surface area contributed by atoms with Crippen LogP contribution in [0.1, 0.15) is 0 Å². The summed E-state index contributed by atoms with van der Waals surface area (Å²) in [5.41, 5.74) is 2.31. The van der Waals surface area contributed by atoms with Gasteiger partial charge in [-0.3, -0.25) is 5.01 Å². The van der Waals surface area contributed by atoms with E-state index < -0.39 is 5.97 Å². The van der Waals surface area contributed by atoms with Gasteiger partial charge in [-0.05, 0) is 5.18 Å². The molecule has 0 spiro atoms. The summed E-state index contributed by atoms with van der Waals surface area (Å²) in [7, 11) is 1.53. The van der Waals surface area contributed by atoms with Crippen molar-refractivity contribution in [1.29, 1.82) is 0 Å². The lowest BCUT2D eigenvalue weighted by atomic mass is 10.5. The van der Waals surface area contributed by atoms with Crippen LogP contribution in [-0.4, -0.2) is 18.0 Å². The number of nitrogens with one attached hydrogen (secondary N) is 1. The third-order valence-electron chi connectivity index (χ3n) is 1.02. The summed E-state index contributed by atoms with van der Waals surface area (Å²) >= 11 is 0. The van der Waals surface area contributed by atoms with E-state index in [-0.39, 0.29) is 5.70 Å². The highest BCUT2D eigenvalue weighted by atomic mass is 16.7. The molecule has 1 saturated heterocycles. The second-order valence-corrected chi connectivity index (χ2v) is 1.66. The van der Waals surface area contributed by atoms with Crippen LogP contribution < -0.4 is 5.59 Å². The zero-order valence-electron chi connectivity index (χ0n) is 5.20. The summed E-state index contributed by atoms with van der Waals surface area (Å²) in [6.07, 6.45) is 0.877. The van der Waals surface area contributed by atoms with Crippen LogP contribution in [0.3, 0.4) is 0 Å². The molecule has 0 unspecified atom stereocenters. The lowest BCUT2D eigenvalue weighted by Gasteiger charge is -2.03. The van der Waals surface area contributed by atoms with Gasteiger partial charge in [0.25, 0.3) is 0 Å². The van der Waals surface area contributed by atoms with Gasteiger partial charge in [-0.2, -0.15) is 0 Å². The van der Waals surface area contributed by atoms with Gasteiger partial charge >= 0.3 is 5.97 Å². The molecule has 1 aliphatic heterocycles. The zero-order valence-corrected chi connectivity index (χ0v) is 5.20. The van der Waals surface area contributed by atoms with E-state index in [2.05, 4.69) is 15.6 Å². The number of nitroso groups, excluding NO2 is 1. The van der Waals surface area contributed by atoms with Crippen molar-refractivity contribution in [2.45, 2.75) is 0 Å². The first kappa shape index (κ1) is 6.69. The van der Waals surface area contributed by atoms with Crippen molar-refractivity contribution in [3.8, 4) is 0 Å². The van der Waals surface area contributed by atoms with Crippen molar-refractivity contribution < 1.29 is 9.63 Å². The van der Waals surface area contributed by atoms with E-state index >= 15 is 0 Å². The molecule has 54 valence electrons. The predicted molar refractivity (Wildman–Crippen MR) is 30.9 cm³/mol. The quantitative estimate of drug-likeness (QED) is 0.396. The number of hydrogen-bond donors (Lipinski definition) is 1. The van der Waals surface area contributed by atoms with Crippen molar-refractivity contribution in [2.75, 3.05) is 7.05 Å². The minimum atomic E-state index is -0.609. The van der Waals surface area contributed by atoms with Crippen LogP contribution >= 0.6 is 0 Å². The Morgan fingerprint density at radius 3 is 2.90 bits per heavy atom. The number of carbonyl (C=O) groups excluding carboxylic acids is 1. The van der Waals surface area contributed by atoms with E-state index in [0.717, 1.165) is 6.20 Å². The van der Waals surface area contributed by atoms with E-state index in [1.54, 1.807) is 0 Å². The Balaban J connectivity index is 2.81. The molecule has 0 aromatic heterocycles. The molecule has 1 heterocycles. The molecular formula is C4H5N3O3. The summed E-state index contributed by atoms with van der Waals surface area (Å²) in [5.74, 6) is -0.609. The van der Waals surface area contributed by atoms with E-state index in [4.69, 9.17) is 0 Å². The molecule has 1 aliphatic rings. The smallest absolute Gasteiger partial charge is 0.345 e. The molecular weight excluding hydrogens is 138 g/mol. The maximum atomic E-state index is 10.6. The fourth-order valence-electron chi connectivity index (χ4n) is 0.538. The minimum absolute atomic E-state index is 0.0926. The number of likely N-dealkylation sites (N-methyl/N-ethyl adjacent to an activating group) is 1. The minimum Gasteiger partial charge on any atom is -0.345 e. The Labute approximate surface area is 56.3 Å². The van der Waals surface area contributed by atoms with Gasteiger partial charge in [-0.25, -0.2) is 4.79 Å². The van der Waals surface area contributed by atoms with Gasteiger partial charge in [0.05, 0.1) is 0 Å².